The van der Waals surface area contributed by atoms with E-state index in [1.165, 1.54) is 0 Å². The Morgan fingerprint density at radius 2 is 1.76 bits per heavy atom. The number of fused-ring (bicyclic) bond motifs is 2. The fourth-order valence-electron chi connectivity index (χ4n) is 6.73. The maximum atomic E-state index is 13.6. The number of piperidine rings is 1. The Morgan fingerprint density at radius 1 is 1.00 bits per heavy atom. The minimum atomic E-state index is -0.194. The van der Waals surface area contributed by atoms with Crippen molar-refractivity contribution in [3.05, 3.63) is 24.0 Å². The van der Waals surface area contributed by atoms with Crippen LogP contribution in [0.4, 0.5) is 0 Å². The van der Waals surface area contributed by atoms with Crippen molar-refractivity contribution < 1.29 is 9.59 Å². The Labute approximate surface area is 172 Å². The summed E-state index contributed by atoms with van der Waals surface area (Å²) >= 11 is 0. The smallest absolute Gasteiger partial charge is 0.255 e. The molecular formula is C22H31N5O2. The number of likely N-dealkylation sites (tertiary alicyclic amines) is 3. The van der Waals surface area contributed by atoms with Gasteiger partial charge in [-0.25, -0.2) is 0 Å². The average molecular weight is 398 g/mol. The summed E-state index contributed by atoms with van der Waals surface area (Å²) in [6, 6.07) is 1.74. The van der Waals surface area contributed by atoms with Gasteiger partial charge in [-0.2, -0.15) is 10.2 Å². The van der Waals surface area contributed by atoms with Crippen LogP contribution < -0.4 is 0 Å². The molecule has 7 heteroatoms. The third-order valence-electron chi connectivity index (χ3n) is 8.22. The largest absolute Gasteiger partial charge is 0.342 e. The lowest BCUT2D eigenvalue weighted by Gasteiger charge is -2.45. The van der Waals surface area contributed by atoms with Crippen LogP contribution in [0.5, 0.6) is 0 Å². The first-order chi connectivity index (χ1) is 14.0. The van der Waals surface area contributed by atoms with Gasteiger partial charge in [-0.05, 0) is 63.0 Å². The monoisotopic (exact) mass is 397 g/mol. The van der Waals surface area contributed by atoms with Crippen molar-refractivity contribution in [2.45, 2.75) is 38.5 Å². The van der Waals surface area contributed by atoms with E-state index in [1.54, 1.807) is 18.5 Å². The summed E-state index contributed by atoms with van der Waals surface area (Å²) < 4.78 is 0. The van der Waals surface area contributed by atoms with E-state index in [1.807, 2.05) is 4.90 Å². The molecule has 1 saturated carbocycles. The van der Waals surface area contributed by atoms with Crippen LogP contribution in [0.1, 0.15) is 48.9 Å². The van der Waals surface area contributed by atoms with Crippen molar-refractivity contribution in [1.29, 1.82) is 0 Å². The van der Waals surface area contributed by atoms with Crippen LogP contribution in [-0.2, 0) is 4.79 Å². The van der Waals surface area contributed by atoms with Crippen LogP contribution in [-0.4, -0.2) is 83.0 Å². The van der Waals surface area contributed by atoms with Crippen molar-refractivity contribution in [3.63, 3.8) is 0 Å². The predicted octanol–water partition coefficient (Wildman–Crippen LogP) is 1.66. The molecule has 0 N–H and O–H groups in total. The molecule has 3 saturated heterocycles. The van der Waals surface area contributed by atoms with E-state index in [0.29, 0.717) is 17.4 Å². The number of hydrogen-bond donors (Lipinski definition) is 0. The lowest BCUT2D eigenvalue weighted by molar-refractivity contribution is -0.142. The first-order valence-corrected chi connectivity index (χ1v) is 11.1. The molecule has 1 aromatic heterocycles. The molecule has 156 valence electrons. The van der Waals surface area contributed by atoms with E-state index in [-0.39, 0.29) is 16.7 Å². The van der Waals surface area contributed by atoms with E-state index in [2.05, 4.69) is 27.0 Å². The van der Waals surface area contributed by atoms with Gasteiger partial charge in [0.1, 0.15) is 0 Å². The van der Waals surface area contributed by atoms with Gasteiger partial charge in [0.25, 0.3) is 5.91 Å². The normalized spacial score (nSPS) is 31.4. The number of carbonyl (C=O) groups is 2. The zero-order valence-corrected chi connectivity index (χ0v) is 17.3. The van der Waals surface area contributed by atoms with E-state index < -0.39 is 0 Å². The molecule has 4 aliphatic rings. The van der Waals surface area contributed by atoms with Crippen LogP contribution in [0.15, 0.2) is 18.5 Å². The minimum absolute atomic E-state index is 0.0516. The molecule has 1 aromatic rings. The lowest BCUT2D eigenvalue weighted by Crippen LogP contribution is -2.50. The molecule has 1 aliphatic carbocycles. The highest BCUT2D eigenvalue weighted by molar-refractivity contribution is 5.93. The summed E-state index contributed by atoms with van der Waals surface area (Å²) in [6.45, 7) is 5.34. The van der Waals surface area contributed by atoms with Gasteiger partial charge in [0.05, 0.1) is 23.4 Å². The minimum Gasteiger partial charge on any atom is -0.342 e. The van der Waals surface area contributed by atoms with Gasteiger partial charge in [-0.15, -0.1) is 0 Å². The van der Waals surface area contributed by atoms with E-state index in [9.17, 15) is 9.59 Å². The Morgan fingerprint density at radius 3 is 2.45 bits per heavy atom. The van der Waals surface area contributed by atoms with Gasteiger partial charge >= 0.3 is 0 Å². The quantitative estimate of drug-likeness (QED) is 0.759. The van der Waals surface area contributed by atoms with Crippen LogP contribution in [0.2, 0.25) is 0 Å². The molecular weight excluding hydrogens is 366 g/mol. The van der Waals surface area contributed by atoms with Crippen LogP contribution in [0, 0.1) is 16.7 Å². The van der Waals surface area contributed by atoms with Gasteiger partial charge in [0, 0.05) is 39.3 Å². The zero-order chi connectivity index (χ0) is 20.1. The van der Waals surface area contributed by atoms with Gasteiger partial charge in [-0.1, -0.05) is 0 Å². The van der Waals surface area contributed by atoms with E-state index >= 15 is 0 Å². The molecule has 2 atom stereocenters. The highest BCUT2D eigenvalue weighted by Crippen LogP contribution is 2.62. The second kappa shape index (κ2) is 7.04. The molecule has 0 unspecified atom stereocenters. The first-order valence-electron chi connectivity index (χ1n) is 11.1. The van der Waals surface area contributed by atoms with Crippen molar-refractivity contribution in [2.24, 2.45) is 16.7 Å². The topological polar surface area (TPSA) is 69.6 Å². The van der Waals surface area contributed by atoms with Crippen LogP contribution >= 0.6 is 0 Å². The van der Waals surface area contributed by atoms with Crippen molar-refractivity contribution >= 4 is 11.8 Å². The second-order valence-corrected chi connectivity index (χ2v) is 9.69. The van der Waals surface area contributed by atoms with Crippen LogP contribution in [0.25, 0.3) is 0 Å². The third kappa shape index (κ3) is 2.97. The third-order valence-corrected chi connectivity index (χ3v) is 8.22. The molecule has 4 fully saturated rings. The Bertz CT molecular complexity index is 786. The first kappa shape index (κ1) is 19.0. The summed E-state index contributed by atoms with van der Waals surface area (Å²) in [7, 11) is 2.17. The van der Waals surface area contributed by atoms with Gasteiger partial charge < -0.3 is 14.7 Å². The molecule has 0 radical (unpaired) electrons. The molecule has 0 bridgehead atoms. The zero-order valence-electron chi connectivity index (χ0n) is 17.3. The highest BCUT2D eigenvalue weighted by Gasteiger charge is 2.64. The summed E-state index contributed by atoms with van der Waals surface area (Å²) in [5.41, 5.74) is 0.620. The van der Waals surface area contributed by atoms with Crippen LogP contribution in [0.3, 0.4) is 0 Å². The SMILES string of the molecule is CN1C[C@H]2C3(CCN(C(=O)c4ccnnc4)CC3)CC[C@@]2(C(=O)N2CCCC2)C1. The van der Waals surface area contributed by atoms with Crippen molar-refractivity contribution in [1.82, 2.24) is 24.9 Å². The lowest BCUT2D eigenvalue weighted by atomic mass is 9.65. The Hall–Kier alpha value is -2.02. The number of rotatable bonds is 2. The molecule has 0 aromatic carbocycles. The standard InChI is InChI=1S/C22H31N5O2/c1-25-15-18-21(5-6-22(18,16-25)20(29)27-10-2-3-11-27)7-12-26(13-8-21)19(28)17-4-9-23-24-14-17/h4,9,14,18H,2-3,5-8,10-13,15-16H2,1H3/t18-,22+/m0/s1. The van der Waals surface area contributed by atoms with Gasteiger partial charge in [-0.3, -0.25) is 9.59 Å². The summed E-state index contributed by atoms with van der Waals surface area (Å²) in [5.74, 6) is 0.895. The molecule has 2 amide bonds. The number of nitrogens with zero attached hydrogens (tertiary/aromatic N) is 5. The maximum Gasteiger partial charge on any atom is 0.255 e. The molecule has 7 nitrogen and oxygen atoms in total. The fraction of sp³-hybridized carbons (Fsp3) is 0.727. The molecule has 5 rings (SSSR count). The number of carbonyl (C=O) groups excluding carboxylic acids is 2. The maximum absolute atomic E-state index is 13.6. The van der Waals surface area contributed by atoms with Gasteiger partial charge in [0.15, 0.2) is 0 Å². The number of aromatic nitrogens is 2. The second-order valence-electron chi connectivity index (χ2n) is 9.69. The molecule has 1 spiro atoms. The molecule has 4 heterocycles. The Kier molecular flexibility index (Phi) is 4.61. The van der Waals surface area contributed by atoms with E-state index in [4.69, 9.17) is 0 Å². The summed E-state index contributed by atoms with van der Waals surface area (Å²) in [4.78, 5) is 32.9. The van der Waals surface area contributed by atoms with Crippen molar-refractivity contribution in [2.75, 3.05) is 46.3 Å². The molecule has 29 heavy (non-hydrogen) atoms. The van der Waals surface area contributed by atoms with E-state index in [0.717, 1.165) is 77.8 Å². The van der Waals surface area contributed by atoms with Gasteiger partial charge in [0.2, 0.25) is 5.91 Å². The predicted molar refractivity (Wildman–Crippen MR) is 108 cm³/mol. The summed E-state index contributed by atoms with van der Waals surface area (Å²) in [6.07, 6.45) is 9.57. The summed E-state index contributed by atoms with van der Waals surface area (Å²) in [5, 5.41) is 7.61. The fourth-order valence-corrected chi connectivity index (χ4v) is 6.73. The molecule has 3 aliphatic heterocycles. The van der Waals surface area contributed by atoms with Crippen molar-refractivity contribution in [3.8, 4) is 0 Å². The number of amides is 2. The highest BCUT2D eigenvalue weighted by atomic mass is 16.2. The average Bonchev–Trinajstić information content (AvgIpc) is 3.46. The number of hydrogen-bond acceptors (Lipinski definition) is 5. The Balaban J connectivity index is 1.33.